The smallest absolute Gasteiger partial charge is 0.316 e. The number of nitriles is 1. The minimum absolute atomic E-state index is 0.0691. The van der Waals surface area contributed by atoms with Gasteiger partial charge < -0.3 is 9.47 Å². The van der Waals surface area contributed by atoms with Crippen molar-refractivity contribution in [3.05, 3.63) is 83.9 Å². The number of sulfonamides is 1. The standard InChI is InChI=1S/C28H28N6O4S/c1-19-5-7-21(8-6-19)24-25(34-39(35,36)23-11-9-22(10-12-23)28(2,3)4)32-18-33-26(24)37-13-14-38-27-30-16-20(15-29)17-31-27/h5-12,16-18H,13-14H2,1-4H3,(H,32,33,34). The number of nitrogens with one attached hydrogen (secondary N) is 1. The fraction of sp³-hybridized carbons (Fsp3) is 0.250. The van der Waals surface area contributed by atoms with Gasteiger partial charge in [0.05, 0.1) is 28.4 Å². The number of rotatable bonds is 9. The molecule has 0 fully saturated rings. The summed E-state index contributed by atoms with van der Waals surface area (Å²) in [4.78, 5) is 16.5. The molecule has 2 heterocycles. The summed E-state index contributed by atoms with van der Waals surface area (Å²) in [6, 6.07) is 16.3. The Bertz CT molecular complexity index is 1580. The SMILES string of the molecule is Cc1ccc(-c2c(NS(=O)(=O)c3ccc(C(C)(C)C)cc3)ncnc2OCCOc2ncc(C#N)cn2)cc1. The minimum atomic E-state index is -3.96. The topological polar surface area (TPSA) is 140 Å². The number of ether oxygens (including phenoxy) is 2. The first-order valence-corrected chi connectivity index (χ1v) is 13.6. The van der Waals surface area contributed by atoms with E-state index in [1.807, 2.05) is 49.4 Å². The second kappa shape index (κ2) is 11.4. The predicted octanol–water partition coefficient (Wildman–Crippen LogP) is 4.67. The van der Waals surface area contributed by atoms with Crippen molar-refractivity contribution in [2.24, 2.45) is 0 Å². The zero-order chi connectivity index (χ0) is 28.0. The van der Waals surface area contributed by atoms with Crippen molar-refractivity contribution in [3.8, 4) is 29.1 Å². The van der Waals surface area contributed by atoms with Crippen molar-refractivity contribution in [1.29, 1.82) is 5.26 Å². The van der Waals surface area contributed by atoms with E-state index in [0.717, 1.165) is 11.1 Å². The Balaban J connectivity index is 1.58. The molecule has 0 amide bonds. The quantitative estimate of drug-likeness (QED) is 0.298. The normalized spacial score (nSPS) is 11.5. The molecular formula is C28H28N6O4S. The molecule has 1 N–H and O–H groups in total. The first-order valence-electron chi connectivity index (χ1n) is 12.1. The molecule has 0 aliphatic carbocycles. The van der Waals surface area contributed by atoms with Gasteiger partial charge in [-0.1, -0.05) is 62.7 Å². The Kier molecular flexibility index (Phi) is 8.07. The van der Waals surface area contributed by atoms with Crippen LogP contribution in [0.5, 0.6) is 11.9 Å². The molecule has 0 unspecified atom stereocenters. The van der Waals surface area contributed by atoms with Crippen molar-refractivity contribution < 1.29 is 17.9 Å². The minimum Gasteiger partial charge on any atom is -0.473 e. The largest absolute Gasteiger partial charge is 0.473 e. The summed E-state index contributed by atoms with van der Waals surface area (Å²) in [5.41, 5.74) is 3.34. The van der Waals surface area contributed by atoms with Gasteiger partial charge in [0.25, 0.3) is 10.0 Å². The van der Waals surface area contributed by atoms with E-state index in [1.165, 1.54) is 18.7 Å². The molecule has 2 aromatic carbocycles. The van der Waals surface area contributed by atoms with E-state index in [-0.39, 0.29) is 41.2 Å². The van der Waals surface area contributed by atoms with Crippen LogP contribution in [0.15, 0.2) is 72.1 Å². The van der Waals surface area contributed by atoms with Gasteiger partial charge in [-0.3, -0.25) is 4.72 Å². The summed E-state index contributed by atoms with van der Waals surface area (Å²) < 4.78 is 40.6. The number of benzene rings is 2. The molecule has 0 aliphatic rings. The maximum atomic E-state index is 13.3. The third kappa shape index (κ3) is 6.86. The molecule has 11 heteroatoms. The van der Waals surface area contributed by atoms with Gasteiger partial charge in [0.15, 0.2) is 5.82 Å². The van der Waals surface area contributed by atoms with Crippen molar-refractivity contribution in [2.45, 2.75) is 38.0 Å². The average Bonchev–Trinajstić information content (AvgIpc) is 2.91. The Labute approximate surface area is 227 Å². The van der Waals surface area contributed by atoms with Gasteiger partial charge in [0.2, 0.25) is 5.88 Å². The molecule has 0 saturated carbocycles. The first-order chi connectivity index (χ1) is 18.6. The molecule has 0 spiro atoms. The van der Waals surface area contributed by atoms with Crippen molar-refractivity contribution in [2.75, 3.05) is 17.9 Å². The van der Waals surface area contributed by atoms with Gasteiger partial charge in [-0.05, 0) is 35.6 Å². The number of hydrogen-bond donors (Lipinski definition) is 1. The molecule has 4 aromatic rings. The van der Waals surface area contributed by atoms with Gasteiger partial charge >= 0.3 is 6.01 Å². The fourth-order valence-corrected chi connectivity index (χ4v) is 4.60. The van der Waals surface area contributed by atoms with Gasteiger partial charge in [0.1, 0.15) is 25.6 Å². The predicted molar refractivity (Wildman–Crippen MR) is 146 cm³/mol. The molecule has 0 aliphatic heterocycles. The van der Waals surface area contributed by atoms with Crippen LogP contribution in [0.1, 0.15) is 37.5 Å². The van der Waals surface area contributed by atoms with E-state index in [4.69, 9.17) is 14.7 Å². The van der Waals surface area contributed by atoms with Crippen LogP contribution in [0.3, 0.4) is 0 Å². The van der Waals surface area contributed by atoms with Gasteiger partial charge in [0, 0.05) is 0 Å². The molecule has 0 atom stereocenters. The van der Waals surface area contributed by atoms with Crippen LogP contribution in [-0.4, -0.2) is 41.6 Å². The zero-order valence-corrected chi connectivity index (χ0v) is 22.9. The van der Waals surface area contributed by atoms with Crippen LogP contribution in [-0.2, 0) is 15.4 Å². The summed E-state index contributed by atoms with van der Waals surface area (Å²) in [6.07, 6.45) is 3.95. The number of anilines is 1. The highest BCUT2D eigenvalue weighted by atomic mass is 32.2. The summed E-state index contributed by atoms with van der Waals surface area (Å²) in [6.45, 7) is 8.30. The summed E-state index contributed by atoms with van der Waals surface area (Å²) in [5, 5.41) is 8.86. The lowest BCUT2D eigenvalue weighted by Gasteiger charge is -2.19. The highest BCUT2D eigenvalue weighted by molar-refractivity contribution is 7.92. The third-order valence-corrected chi connectivity index (χ3v) is 7.08. The van der Waals surface area contributed by atoms with Crippen molar-refractivity contribution in [3.63, 3.8) is 0 Å². The van der Waals surface area contributed by atoms with Crippen LogP contribution < -0.4 is 14.2 Å². The average molecular weight is 545 g/mol. The van der Waals surface area contributed by atoms with Crippen LogP contribution in [0.4, 0.5) is 5.82 Å². The van der Waals surface area contributed by atoms with Crippen LogP contribution in [0.25, 0.3) is 11.1 Å². The lowest BCUT2D eigenvalue weighted by Crippen LogP contribution is -2.17. The Morgan fingerprint density at radius 2 is 1.54 bits per heavy atom. The van der Waals surface area contributed by atoms with Gasteiger partial charge in [-0.15, -0.1) is 0 Å². The molecular weight excluding hydrogens is 516 g/mol. The van der Waals surface area contributed by atoms with Gasteiger partial charge in [-0.2, -0.15) is 5.26 Å². The van der Waals surface area contributed by atoms with E-state index in [0.29, 0.717) is 16.7 Å². The Morgan fingerprint density at radius 1 is 0.897 bits per heavy atom. The lowest BCUT2D eigenvalue weighted by molar-refractivity contribution is 0.202. The lowest BCUT2D eigenvalue weighted by atomic mass is 9.87. The van der Waals surface area contributed by atoms with Crippen LogP contribution in [0.2, 0.25) is 0 Å². The maximum Gasteiger partial charge on any atom is 0.316 e. The zero-order valence-electron chi connectivity index (χ0n) is 22.0. The monoisotopic (exact) mass is 544 g/mol. The van der Waals surface area contributed by atoms with Gasteiger partial charge in [-0.25, -0.2) is 28.4 Å². The molecule has 0 saturated heterocycles. The molecule has 0 radical (unpaired) electrons. The van der Waals surface area contributed by atoms with Crippen molar-refractivity contribution >= 4 is 15.8 Å². The van der Waals surface area contributed by atoms with Crippen LogP contribution >= 0.6 is 0 Å². The molecule has 4 rings (SSSR count). The highest BCUT2D eigenvalue weighted by Gasteiger charge is 2.22. The number of aromatic nitrogens is 4. The van der Waals surface area contributed by atoms with E-state index < -0.39 is 10.0 Å². The number of aryl methyl sites for hydroxylation is 1. The van der Waals surface area contributed by atoms with E-state index in [1.54, 1.807) is 12.1 Å². The summed E-state index contributed by atoms with van der Waals surface area (Å²) >= 11 is 0. The third-order valence-electron chi connectivity index (χ3n) is 5.72. The van der Waals surface area contributed by atoms with Crippen molar-refractivity contribution in [1.82, 2.24) is 19.9 Å². The molecule has 200 valence electrons. The number of nitrogens with zero attached hydrogens (tertiary/aromatic N) is 5. The maximum absolute atomic E-state index is 13.3. The molecule has 2 aromatic heterocycles. The Morgan fingerprint density at radius 3 is 2.15 bits per heavy atom. The fourth-order valence-electron chi connectivity index (χ4n) is 3.58. The molecule has 10 nitrogen and oxygen atoms in total. The molecule has 39 heavy (non-hydrogen) atoms. The highest BCUT2D eigenvalue weighted by Crippen LogP contribution is 2.35. The number of hydrogen-bond acceptors (Lipinski definition) is 9. The summed E-state index contributed by atoms with van der Waals surface area (Å²) in [7, 11) is -3.96. The van der Waals surface area contributed by atoms with Crippen LogP contribution in [0, 0.1) is 18.3 Å². The van der Waals surface area contributed by atoms with E-state index in [9.17, 15) is 8.42 Å². The Hall–Kier alpha value is -4.56. The van der Waals surface area contributed by atoms with E-state index >= 15 is 0 Å². The van der Waals surface area contributed by atoms with E-state index in [2.05, 4.69) is 45.4 Å². The summed E-state index contributed by atoms with van der Waals surface area (Å²) in [5.74, 6) is 0.263. The first kappa shape index (κ1) is 27.5. The molecule has 0 bridgehead atoms. The second-order valence-corrected chi connectivity index (χ2v) is 11.4. The second-order valence-electron chi connectivity index (χ2n) is 9.71.